The Hall–Kier alpha value is -3.35. The van der Waals surface area contributed by atoms with E-state index in [1.807, 2.05) is 0 Å². The third-order valence-corrected chi connectivity index (χ3v) is 5.36. The lowest BCUT2D eigenvalue weighted by Crippen LogP contribution is -2.30. The summed E-state index contributed by atoms with van der Waals surface area (Å²) >= 11 is 2.05. The zero-order valence-corrected chi connectivity index (χ0v) is 20.2. The van der Waals surface area contributed by atoms with Crippen LogP contribution in [0, 0.1) is 3.57 Å². The molecule has 1 N–H and O–H groups in total. The summed E-state index contributed by atoms with van der Waals surface area (Å²) in [6.45, 7) is 3.43. The number of hydrogen-bond donors (Lipinski definition) is 1. The van der Waals surface area contributed by atoms with Crippen molar-refractivity contribution in [2.45, 2.75) is 26.5 Å². The number of ether oxygens (including phenoxy) is 3. The number of imide groups is 1. The van der Waals surface area contributed by atoms with Gasteiger partial charge in [-0.2, -0.15) is 0 Å². The molecule has 2 heterocycles. The summed E-state index contributed by atoms with van der Waals surface area (Å²) in [6, 6.07) is 7.40. The highest BCUT2D eigenvalue weighted by molar-refractivity contribution is 14.1. The predicted molar refractivity (Wildman–Crippen MR) is 123 cm³/mol. The number of urea groups is 1. The van der Waals surface area contributed by atoms with Crippen LogP contribution in [0.25, 0.3) is 6.08 Å². The molecule has 1 aliphatic rings. The van der Waals surface area contributed by atoms with Crippen LogP contribution in [-0.2, 0) is 25.6 Å². The average Bonchev–Trinajstić information content (AvgIpc) is 3.35. The standard InChI is InChI=1S/C22H21IN2O8/c1-4-31-20(27)12(2)32-17-7-5-13(9-15(17)23)10-16-19(26)25(22(29)24-16)11-14-6-8-18(33-14)21(28)30-3/h5-10,12H,4,11H2,1-3H3,(H,24,29)/b16-10-/t12-/m0/s1. The molecule has 0 bridgehead atoms. The van der Waals surface area contributed by atoms with E-state index in [2.05, 4.69) is 32.6 Å². The Labute approximate surface area is 203 Å². The fourth-order valence-electron chi connectivity index (χ4n) is 2.91. The minimum atomic E-state index is -0.770. The number of carbonyl (C=O) groups is 4. The Morgan fingerprint density at radius 3 is 2.67 bits per heavy atom. The maximum atomic E-state index is 12.7. The number of esters is 2. The minimum absolute atomic E-state index is 0.0236. The Balaban J connectivity index is 1.71. The Morgan fingerprint density at radius 2 is 2.00 bits per heavy atom. The van der Waals surface area contributed by atoms with Crippen LogP contribution >= 0.6 is 22.6 Å². The summed E-state index contributed by atoms with van der Waals surface area (Å²) in [5.74, 6) is -0.938. The van der Waals surface area contributed by atoms with Gasteiger partial charge >= 0.3 is 18.0 Å². The number of benzene rings is 1. The first kappa shape index (κ1) is 24.3. The van der Waals surface area contributed by atoms with Gasteiger partial charge in [-0.25, -0.2) is 14.4 Å². The molecule has 1 atom stereocenters. The molecule has 1 aromatic heterocycles. The Kier molecular flexibility index (Phi) is 7.74. The van der Waals surface area contributed by atoms with Crippen LogP contribution in [0.4, 0.5) is 4.79 Å². The number of carbonyl (C=O) groups excluding carboxylic acids is 4. The average molecular weight is 568 g/mol. The summed E-state index contributed by atoms with van der Waals surface area (Å²) < 4.78 is 21.2. The van der Waals surface area contributed by atoms with Gasteiger partial charge in [0.2, 0.25) is 5.76 Å². The molecule has 11 heteroatoms. The predicted octanol–water partition coefficient (Wildman–Crippen LogP) is 3.09. The van der Waals surface area contributed by atoms with E-state index in [0.29, 0.717) is 14.9 Å². The zero-order valence-electron chi connectivity index (χ0n) is 18.0. The number of nitrogens with zero attached hydrogens (tertiary/aromatic N) is 1. The summed E-state index contributed by atoms with van der Waals surface area (Å²) in [7, 11) is 1.22. The Bertz CT molecular complexity index is 1120. The number of amides is 3. The van der Waals surface area contributed by atoms with E-state index in [1.54, 1.807) is 32.0 Å². The Morgan fingerprint density at radius 1 is 1.24 bits per heavy atom. The maximum Gasteiger partial charge on any atom is 0.373 e. The number of hydrogen-bond acceptors (Lipinski definition) is 8. The largest absolute Gasteiger partial charge is 0.478 e. The van der Waals surface area contributed by atoms with Crippen molar-refractivity contribution < 1.29 is 37.8 Å². The molecule has 174 valence electrons. The van der Waals surface area contributed by atoms with Crippen LogP contribution in [0.15, 0.2) is 40.4 Å². The third-order valence-electron chi connectivity index (χ3n) is 4.51. The van der Waals surface area contributed by atoms with Crippen molar-refractivity contribution in [1.29, 1.82) is 0 Å². The monoisotopic (exact) mass is 568 g/mol. The highest BCUT2D eigenvalue weighted by Crippen LogP contribution is 2.25. The van der Waals surface area contributed by atoms with E-state index >= 15 is 0 Å². The molecule has 1 aliphatic heterocycles. The van der Waals surface area contributed by atoms with E-state index in [4.69, 9.17) is 13.9 Å². The molecule has 1 saturated heterocycles. The van der Waals surface area contributed by atoms with Crippen molar-refractivity contribution in [3.63, 3.8) is 0 Å². The first-order valence-corrected chi connectivity index (χ1v) is 11.0. The highest BCUT2D eigenvalue weighted by Gasteiger charge is 2.34. The fraction of sp³-hybridized carbons (Fsp3) is 0.273. The lowest BCUT2D eigenvalue weighted by Gasteiger charge is -2.14. The summed E-state index contributed by atoms with van der Waals surface area (Å²) in [5, 5.41) is 2.53. The second-order valence-electron chi connectivity index (χ2n) is 6.84. The summed E-state index contributed by atoms with van der Waals surface area (Å²) in [6.07, 6.45) is 0.761. The van der Waals surface area contributed by atoms with Crippen LogP contribution in [0.5, 0.6) is 5.75 Å². The molecule has 10 nitrogen and oxygen atoms in total. The van der Waals surface area contributed by atoms with Crippen molar-refractivity contribution in [2.75, 3.05) is 13.7 Å². The smallest absolute Gasteiger partial charge is 0.373 e. The molecule has 0 radical (unpaired) electrons. The molecular weight excluding hydrogens is 547 g/mol. The van der Waals surface area contributed by atoms with Crippen LogP contribution in [0.3, 0.4) is 0 Å². The van der Waals surface area contributed by atoms with Gasteiger partial charge in [-0.15, -0.1) is 0 Å². The van der Waals surface area contributed by atoms with E-state index in [1.165, 1.54) is 25.3 Å². The van der Waals surface area contributed by atoms with Crippen LogP contribution in [0.1, 0.15) is 35.7 Å². The summed E-state index contributed by atoms with van der Waals surface area (Å²) in [4.78, 5) is 49.3. The molecule has 0 unspecified atom stereocenters. The molecule has 1 fully saturated rings. The number of nitrogens with one attached hydrogen (secondary N) is 1. The molecule has 33 heavy (non-hydrogen) atoms. The van der Waals surface area contributed by atoms with Crippen LogP contribution in [-0.4, -0.2) is 48.6 Å². The quantitative estimate of drug-likeness (QED) is 0.223. The van der Waals surface area contributed by atoms with E-state index in [9.17, 15) is 19.2 Å². The second-order valence-corrected chi connectivity index (χ2v) is 8.00. The number of furan rings is 1. The van der Waals surface area contributed by atoms with Gasteiger partial charge < -0.3 is 23.9 Å². The molecule has 3 rings (SSSR count). The fourth-order valence-corrected chi connectivity index (χ4v) is 3.58. The van der Waals surface area contributed by atoms with E-state index < -0.39 is 30.0 Å². The second kappa shape index (κ2) is 10.5. The van der Waals surface area contributed by atoms with Crippen molar-refractivity contribution >= 4 is 52.5 Å². The van der Waals surface area contributed by atoms with Gasteiger partial charge in [-0.1, -0.05) is 6.07 Å². The lowest BCUT2D eigenvalue weighted by molar-refractivity contribution is -0.150. The molecule has 0 spiro atoms. The molecule has 1 aromatic carbocycles. The molecule has 3 amide bonds. The van der Waals surface area contributed by atoms with Crippen molar-refractivity contribution in [2.24, 2.45) is 0 Å². The van der Waals surface area contributed by atoms with Crippen molar-refractivity contribution in [1.82, 2.24) is 10.2 Å². The molecule has 0 aliphatic carbocycles. The van der Waals surface area contributed by atoms with Gasteiger partial charge in [0, 0.05) is 0 Å². The number of rotatable bonds is 8. The SMILES string of the molecule is CCOC(=O)[C@H](C)Oc1ccc(/C=C2\NC(=O)N(Cc3ccc(C(=O)OC)o3)C2=O)cc1I. The number of methoxy groups -OCH3 is 1. The van der Waals surface area contributed by atoms with E-state index in [0.717, 1.165) is 4.90 Å². The lowest BCUT2D eigenvalue weighted by atomic mass is 10.2. The number of halogens is 1. The van der Waals surface area contributed by atoms with Crippen molar-refractivity contribution in [3.8, 4) is 5.75 Å². The first-order valence-electron chi connectivity index (χ1n) is 9.87. The highest BCUT2D eigenvalue weighted by atomic mass is 127. The van der Waals surface area contributed by atoms with E-state index in [-0.39, 0.29) is 30.4 Å². The molecule has 2 aromatic rings. The normalized spacial score (nSPS) is 15.4. The van der Waals surface area contributed by atoms with Crippen molar-refractivity contribution in [3.05, 3.63) is 56.7 Å². The van der Waals surface area contributed by atoms with Gasteiger partial charge in [0.15, 0.2) is 6.10 Å². The zero-order chi connectivity index (χ0) is 24.1. The molecule has 0 saturated carbocycles. The van der Waals surface area contributed by atoms with Crippen LogP contribution in [0.2, 0.25) is 0 Å². The molecular formula is C22H21IN2O8. The van der Waals surface area contributed by atoms with Gasteiger partial charge in [0.25, 0.3) is 5.91 Å². The van der Waals surface area contributed by atoms with Gasteiger partial charge in [0.05, 0.1) is 23.8 Å². The minimum Gasteiger partial charge on any atom is -0.478 e. The van der Waals surface area contributed by atoms with Gasteiger partial charge in [-0.05, 0) is 72.3 Å². The topological polar surface area (TPSA) is 124 Å². The van der Waals surface area contributed by atoms with Gasteiger partial charge in [-0.3, -0.25) is 9.69 Å². The first-order chi connectivity index (χ1) is 15.7. The third kappa shape index (κ3) is 5.72. The van der Waals surface area contributed by atoms with Gasteiger partial charge in [0.1, 0.15) is 17.2 Å². The maximum absolute atomic E-state index is 12.7. The summed E-state index contributed by atoms with van der Waals surface area (Å²) in [5.41, 5.74) is 0.733. The van der Waals surface area contributed by atoms with Crippen LogP contribution < -0.4 is 10.1 Å².